The van der Waals surface area contributed by atoms with Gasteiger partial charge < -0.3 is 14.9 Å². The van der Waals surface area contributed by atoms with Crippen LogP contribution in [0.15, 0.2) is 29.4 Å². The quantitative estimate of drug-likeness (QED) is 0.394. The minimum Gasteiger partial charge on any atom is -0.495 e. The van der Waals surface area contributed by atoms with Crippen LogP contribution in [0.3, 0.4) is 0 Å². The molecule has 90 valence electrons. The molecule has 0 aliphatic carbocycles. The Morgan fingerprint density at radius 1 is 1.24 bits per heavy atom. The predicted molar refractivity (Wildman–Crippen MR) is 59.3 cm³/mol. The Kier molecular flexibility index (Phi) is 4.04. The fourth-order valence-corrected chi connectivity index (χ4v) is 1.04. The predicted octanol–water partition coefficient (Wildman–Crippen LogP) is 0.632. The number of para-hydroxylation sites is 2. The van der Waals surface area contributed by atoms with Gasteiger partial charge in [-0.2, -0.15) is 5.10 Å². The first-order chi connectivity index (χ1) is 8.06. The zero-order valence-corrected chi connectivity index (χ0v) is 8.88. The molecule has 0 unspecified atom stereocenters. The molecule has 0 spiro atoms. The summed E-state index contributed by atoms with van der Waals surface area (Å²) in [6, 6.07) is 6.58. The van der Waals surface area contributed by atoms with Crippen molar-refractivity contribution in [1.29, 1.82) is 0 Å². The number of nitrogens with zero attached hydrogens (tertiary/aromatic N) is 1. The van der Waals surface area contributed by atoms with Gasteiger partial charge in [0.1, 0.15) is 5.75 Å². The summed E-state index contributed by atoms with van der Waals surface area (Å²) in [6.07, 6.45) is 0. The van der Waals surface area contributed by atoms with Crippen LogP contribution in [0.4, 0.5) is 5.69 Å². The van der Waals surface area contributed by atoms with Crippen molar-refractivity contribution in [3.05, 3.63) is 24.3 Å². The van der Waals surface area contributed by atoms with E-state index in [0.29, 0.717) is 11.4 Å². The molecule has 17 heavy (non-hydrogen) atoms. The van der Waals surface area contributed by atoms with Crippen molar-refractivity contribution in [3.8, 4) is 5.75 Å². The normalized spacial score (nSPS) is 9.24. The van der Waals surface area contributed by atoms with Gasteiger partial charge in [0.25, 0.3) is 5.71 Å². The topological polar surface area (TPSA) is 108 Å². The van der Waals surface area contributed by atoms with Crippen LogP contribution in [0.2, 0.25) is 0 Å². The van der Waals surface area contributed by atoms with Crippen molar-refractivity contribution in [1.82, 2.24) is 0 Å². The second-order valence-corrected chi connectivity index (χ2v) is 2.88. The highest BCUT2D eigenvalue weighted by Crippen LogP contribution is 2.22. The average Bonchev–Trinajstić information content (AvgIpc) is 2.29. The number of aliphatic carboxylic acids is 2. The van der Waals surface area contributed by atoms with Crippen LogP contribution >= 0.6 is 0 Å². The number of benzene rings is 1. The van der Waals surface area contributed by atoms with E-state index in [9.17, 15) is 9.59 Å². The second kappa shape index (κ2) is 5.50. The molecular formula is C10H10N2O5. The van der Waals surface area contributed by atoms with Gasteiger partial charge in [-0.1, -0.05) is 12.1 Å². The lowest BCUT2D eigenvalue weighted by atomic mass is 10.3. The molecule has 0 fully saturated rings. The number of carboxylic acid groups (broad SMARTS) is 2. The number of carbonyl (C=O) groups is 2. The Balaban J connectivity index is 2.94. The maximum Gasteiger partial charge on any atom is 0.364 e. The highest BCUT2D eigenvalue weighted by atomic mass is 16.5. The average molecular weight is 238 g/mol. The van der Waals surface area contributed by atoms with Gasteiger partial charge in [-0.3, -0.25) is 5.43 Å². The maximum absolute atomic E-state index is 10.5. The molecule has 3 N–H and O–H groups in total. The number of nitrogens with one attached hydrogen (secondary N) is 1. The fraction of sp³-hybridized carbons (Fsp3) is 0.100. The number of anilines is 1. The molecule has 0 heterocycles. The number of methoxy groups -OCH3 is 1. The summed E-state index contributed by atoms with van der Waals surface area (Å²) < 4.78 is 4.97. The highest BCUT2D eigenvalue weighted by molar-refractivity contribution is 6.61. The van der Waals surface area contributed by atoms with Gasteiger partial charge in [-0.25, -0.2) is 9.59 Å². The summed E-state index contributed by atoms with van der Waals surface area (Å²) in [5, 5.41) is 20.4. The smallest absolute Gasteiger partial charge is 0.364 e. The van der Waals surface area contributed by atoms with Gasteiger partial charge in [0, 0.05) is 0 Å². The fourth-order valence-electron chi connectivity index (χ4n) is 1.04. The summed E-state index contributed by atoms with van der Waals surface area (Å²) >= 11 is 0. The van der Waals surface area contributed by atoms with E-state index in [-0.39, 0.29) is 0 Å². The Labute approximate surface area is 96.3 Å². The first-order valence-electron chi connectivity index (χ1n) is 4.49. The van der Waals surface area contributed by atoms with E-state index >= 15 is 0 Å². The van der Waals surface area contributed by atoms with E-state index in [0.717, 1.165) is 0 Å². The first-order valence-corrected chi connectivity index (χ1v) is 4.49. The molecule has 7 heteroatoms. The summed E-state index contributed by atoms with van der Waals surface area (Å²) in [5.74, 6) is -2.83. The van der Waals surface area contributed by atoms with Gasteiger partial charge in [-0.15, -0.1) is 0 Å². The standard InChI is InChI=1S/C10H10N2O5/c1-17-7-5-3-2-4-6(7)11-12-8(9(13)14)10(15)16/h2-5,11H,1H3,(H,13,14)(H,15,16). The lowest BCUT2D eigenvalue weighted by Crippen LogP contribution is -2.24. The molecule has 1 rings (SSSR count). The van der Waals surface area contributed by atoms with Crippen molar-refractivity contribution in [2.24, 2.45) is 5.10 Å². The molecule has 0 aliphatic rings. The van der Waals surface area contributed by atoms with Crippen LogP contribution in [0.25, 0.3) is 0 Å². The zero-order valence-electron chi connectivity index (χ0n) is 8.88. The molecule has 0 saturated heterocycles. The third-order valence-corrected chi connectivity index (χ3v) is 1.80. The molecular weight excluding hydrogens is 228 g/mol. The van der Waals surface area contributed by atoms with Crippen LogP contribution in [0, 0.1) is 0 Å². The Bertz CT molecular complexity index is 454. The second-order valence-electron chi connectivity index (χ2n) is 2.88. The molecule has 0 radical (unpaired) electrons. The van der Waals surface area contributed by atoms with Gasteiger partial charge >= 0.3 is 11.9 Å². The SMILES string of the molecule is COc1ccccc1NN=C(C(=O)O)C(=O)O. The van der Waals surface area contributed by atoms with Crippen molar-refractivity contribution < 1.29 is 24.5 Å². The molecule has 0 bridgehead atoms. The minimum absolute atomic E-state index is 0.370. The molecule has 0 saturated carbocycles. The lowest BCUT2D eigenvalue weighted by Gasteiger charge is -2.06. The monoisotopic (exact) mass is 238 g/mol. The van der Waals surface area contributed by atoms with Gasteiger partial charge in [0.15, 0.2) is 0 Å². The third kappa shape index (κ3) is 3.20. The third-order valence-electron chi connectivity index (χ3n) is 1.80. The summed E-state index contributed by atoms with van der Waals surface area (Å²) in [6.45, 7) is 0. The molecule has 0 amide bonds. The number of rotatable bonds is 5. The molecule has 1 aromatic carbocycles. The van der Waals surface area contributed by atoms with E-state index in [1.165, 1.54) is 7.11 Å². The van der Waals surface area contributed by atoms with Gasteiger partial charge in [0.2, 0.25) is 0 Å². The number of hydrazone groups is 1. The Morgan fingerprint density at radius 2 is 1.82 bits per heavy atom. The van der Waals surface area contributed by atoms with Gasteiger partial charge in [0.05, 0.1) is 12.8 Å². The van der Waals surface area contributed by atoms with Crippen LogP contribution in [-0.2, 0) is 9.59 Å². The van der Waals surface area contributed by atoms with E-state index in [1.54, 1.807) is 24.3 Å². The van der Waals surface area contributed by atoms with E-state index in [1.807, 2.05) is 0 Å². The molecule has 0 aliphatic heterocycles. The van der Waals surface area contributed by atoms with E-state index in [4.69, 9.17) is 14.9 Å². The number of hydrogen-bond acceptors (Lipinski definition) is 5. The maximum atomic E-state index is 10.5. The lowest BCUT2D eigenvalue weighted by molar-refractivity contribution is -0.134. The van der Waals surface area contributed by atoms with Crippen LogP contribution < -0.4 is 10.2 Å². The molecule has 0 atom stereocenters. The Hall–Kier alpha value is -2.57. The summed E-state index contributed by atoms with van der Waals surface area (Å²) in [5.41, 5.74) is 1.69. The largest absolute Gasteiger partial charge is 0.495 e. The van der Waals surface area contributed by atoms with Crippen molar-refractivity contribution in [3.63, 3.8) is 0 Å². The van der Waals surface area contributed by atoms with Gasteiger partial charge in [-0.05, 0) is 12.1 Å². The van der Waals surface area contributed by atoms with E-state index < -0.39 is 17.7 Å². The van der Waals surface area contributed by atoms with Crippen molar-refractivity contribution in [2.45, 2.75) is 0 Å². The van der Waals surface area contributed by atoms with Crippen LogP contribution in [-0.4, -0.2) is 35.0 Å². The number of hydrogen-bond donors (Lipinski definition) is 3. The highest BCUT2D eigenvalue weighted by Gasteiger charge is 2.18. The molecule has 0 aromatic heterocycles. The van der Waals surface area contributed by atoms with Crippen LogP contribution in [0.1, 0.15) is 0 Å². The van der Waals surface area contributed by atoms with Crippen molar-refractivity contribution in [2.75, 3.05) is 12.5 Å². The van der Waals surface area contributed by atoms with Crippen molar-refractivity contribution >= 4 is 23.3 Å². The van der Waals surface area contributed by atoms with Crippen LogP contribution in [0.5, 0.6) is 5.75 Å². The minimum atomic E-state index is -1.63. The van der Waals surface area contributed by atoms with E-state index in [2.05, 4.69) is 10.5 Å². The Morgan fingerprint density at radius 3 is 2.35 bits per heavy atom. The number of ether oxygens (including phenoxy) is 1. The first kappa shape index (κ1) is 12.5. The molecule has 7 nitrogen and oxygen atoms in total. The summed E-state index contributed by atoms with van der Waals surface area (Å²) in [4.78, 5) is 21.1. The summed E-state index contributed by atoms with van der Waals surface area (Å²) in [7, 11) is 1.43. The zero-order chi connectivity index (χ0) is 12.8. The molecule has 1 aromatic rings. The number of carboxylic acids is 2.